The van der Waals surface area contributed by atoms with Crippen LogP contribution in [0.25, 0.3) is 0 Å². The number of carbonyl (C=O) groups is 1. The first-order valence-corrected chi connectivity index (χ1v) is 5.85. The molecule has 0 aliphatic heterocycles. The van der Waals surface area contributed by atoms with E-state index in [1.54, 1.807) is 0 Å². The van der Waals surface area contributed by atoms with Crippen LogP contribution in [0.4, 0.5) is 0 Å². The van der Waals surface area contributed by atoms with E-state index in [1.165, 1.54) is 0 Å². The number of nitrogens with zero attached hydrogens (tertiary/aromatic N) is 1. The summed E-state index contributed by atoms with van der Waals surface area (Å²) in [5, 5.41) is 8.57. The van der Waals surface area contributed by atoms with Crippen molar-refractivity contribution >= 4 is 5.97 Å². The molecular formula is C12H25NO2. The average molecular weight is 215 g/mol. The predicted molar refractivity (Wildman–Crippen MR) is 63.1 cm³/mol. The highest BCUT2D eigenvalue weighted by molar-refractivity contribution is 5.66. The van der Waals surface area contributed by atoms with Crippen LogP contribution in [0.1, 0.15) is 53.9 Å². The van der Waals surface area contributed by atoms with Gasteiger partial charge in [-0.15, -0.1) is 0 Å². The van der Waals surface area contributed by atoms with Gasteiger partial charge in [-0.25, -0.2) is 0 Å². The van der Waals surface area contributed by atoms with Gasteiger partial charge in [0.05, 0.1) is 0 Å². The summed E-state index contributed by atoms with van der Waals surface area (Å²) in [6.07, 6.45) is 2.02. The van der Waals surface area contributed by atoms with Crippen molar-refractivity contribution in [1.29, 1.82) is 0 Å². The molecule has 0 aliphatic rings. The van der Waals surface area contributed by atoms with Gasteiger partial charge in [0.25, 0.3) is 0 Å². The molecule has 0 fully saturated rings. The Hall–Kier alpha value is -0.570. The molecule has 0 spiro atoms. The van der Waals surface area contributed by atoms with Crippen LogP contribution in [0, 0.1) is 0 Å². The van der Waals surface area contributed by atoms with Gasteiger partial charge >= 0.3 is 5.97 Å². The van der Waals surface area contributed by atoms with Gasteiger partial charge in [0.1, 0.15) is 0 Å². The lowest BCUT2D eigenvalue weighted by Crippen LogP contribution is -2.43. The van der Waals surface area contributed by atoms with Gasteiger partial charge in [-0.05, 0) is 47.5 Å². The van der Waals surface area contributed by atoms with Crippen molar-refractivity contribution in [3.8, 4) is 0 Å². The Morgan fingerprint density at radius 1 is 1.13 bits per heavy atom. The summed E-state index contributed by atoms with van der Waals surface area (Å²) in [5.41, 5.74) is 0. The van der Waals surface area contributed by atoms with Gasteiger partial charge < -0.3 is 5.11 Å². The van der Waals surface area contributed by atoms with Crippen LogP contribution in [-0.2, 0) is 4.79 Å². The van der Waals surface area contributed by atoms with E-state index >= 15 is 0 Å². The van der Waals surface area contributed by atoms with E-state index in [0.717, 1.165) is 12.8 Å². The summed E-state index contributed by atoms with van der Waals surface area (Å²) in [6, 6.07) is 1.50. The highest BCUT2D eigenvalue weighted by atomic mass is 16.4. The van der Waals surface area contributed by atoms with Gasteiger partial charge in [-0.2, -0.15) is 0 Å². The molecule has 1 N–H and O–H groups in total. The first kappa shape index (κ1) is 14.4. The summed E-state index contributed by atoms with van der Waals surface area (Å²) in [5.74, 6) is -0.692. The molecule has 3 nitrogen and oxygen atoms in total. The Morgan fingerprint density at radius 2 is 1.60 bits per heavy atom. The smallest absolute Gasteiger partial charge is 0.303 e. The van der Waals surface area contributed by atoms with Crippen molar-refractivity contribution in [3.63, 3.8) is 0 Å². The first-order chi connectivity index (χ1) is 6.86. The van der Waals surface area contributed by atoms with Crippen LogP contribution in [-0.4, -0.2) is 34.1 Å². The molecule has 0 aliphatic carbocycles. The van der Waals surface area contributed by atoms with Crippen molar-refractivity contribution in [1.82, 2.24) is 4.90 Å². The fourth-order valence-electron chi connectivity index (χ4n) is 2.31. The second-order valence-corrected chi connectivity index (χ2v) is 4.77. The lowest BCUT2D eigenvalue weighted by molar-refractivity contribution is -0.137. The van der Waals surface area contributed by atoms with Crippen molar-refractivity contribution in [2.24, 2.45) is 0 Å². The molecule has 0 saturated heterocycles. The fourth-order valence-corrected chi connectivity index (χ4v) is 2.31. The van der Waals surface area contributed by atoms with Crippen LogP contribution < -0.4 is 0 Å². The summed E-state index contributed by atoms with van der Waals surface area (Å²) < 4.78 is 0. The van der Waals surface area contributed by atoms with E-state index in [2.05, 4.69) is 39.5 Å². The highest BCUT2D eigenvalue weighted by Crippen LogP contribution is 2.15. The lowest BCUT2D eigenvalue weighted by Gasteiger charge is -2.36. The van der Waals surface area contributed by atoms with E-state index in [-0.39, 0.29) is 6.42 Å². The maximum Gasteiger partial charge on any atom is 0.303 e. The summed E-state index contributed by atoms with van der Waals surface area (Å²) in [7, 11) is 0. The topological polar surface area (TPSA) is 40.5 Å². The van der Waals surface area contributed by atoms with Crippen LogP contribution in [0.15, 0.2) is 0 Å². The fraction of sp³-hybridized carbons (Fsp3) is 0.917. The number of hydrogen-bond acceptors (Lipinski definition) is 2. The lowest BCUT2D eigenvalue weighted by atomic mass is 10.1. The zero-order valence-electron chi connectivity index (χ0n) is 10.7. The van der Waals surface area contributed by atoms with Crippen LogP contribution in [0.3, 0.4) is 0 Å². The van der Waals surface area contributed by atoms with Crippen molar-refractivity contribution in [2.45, 2.75) is 72.0 Å². The molecule has 90 valence electrons. The van der Waals surface area contributed by atoms with E-state index in [1.807, 2.05) is 0 Å². The zero-order chi connectivity index (χ0) is 12.0. The molecule has 1 atom stereocenters. The normalized spacial score (nSPS) is 13.9. The van der Waals surface area contributed by atoms with Gasteiger partial charge in [-0.1, -0.05) is 0 Å². The van der Waals surface area contributed by atoms with Crippen molar-refractivity contribution < 1.29 is 9.90 Å². The largest absolute Gasteiger partial charge is 0.481 e. The molecule has 0 radical (unpaired) electrons. The van der Waals surface area contributed by atoms with Crippen LogP contribution in [0.5, 0.6) is 0 Å². The second-order valence-electron chi connectivity index (χ2n) is 4.77. The van der Waals surface area contributed by atoms with Gasteiger partial charge in [0.2, 0.25) is 0 Å². The molecule has 0 saturated carbocycles. The number of rotatable bonds is 7. The van der Waals surface area contributed by atoms with E-state index < -0.39 is 5.97 Å². The predicted octanol–water partition coefficient (Wildman–Crippen LogP) is 2.75. The summed E-state index contributed by atoms with van der Waals surface area (Å²) in [4.78, 5) is 12.8. The van der Waals surface area contributed by atoms with E-state index in [0.29, 0.717) is 18.1 Å². The van der Waals surface area contributed by atoms with Crippen molar-refractivity contribution in [2.75, 3.05) is 0 Å². The zero-order valence-corrected chi connectivity index (χ0v) is 10.7. The SMILES string of the molecule is CC(C)N(C(C)C)C(C)CCCC(=O)O. The van der Waals surface area contributed by atoms with Crippen LogP contribution in [0.2, 0.25) is 0 Å². The molecule has 0 rings (SSSR count). The Kier molecular flexibility index (Phi) is 6.57. The number of hydrogen-bond donors (Lipinski definition) is 1. The molecule has 0 heterocycles. The maximum atomic E-state index is 10.4. The monoisotopic (exact) mass is 215 g/mol. The third-order valence-corrected chi connectivity index (χ3v) is 2.71. The first-order valence-electron chi connectivity index (χ1n) is 5.85. The molecule has 0 bridgehead atoms. The molecule has 3 heteroatoms. The van der Waals surface area contributed by atoms with E-state index in [4.69, 9.17) is 5.11 Å². The minimum atomic E-state index is -0.692. The Bertz CT molecular complexity index is 182. The summed E-state index contributed by atoms with van der Waals surface area (Å²) in [6.45, 7) is 10.9. The molecular weight excluding hydrogens is 190 g/mol. The average Bonchev–Trinajstić information content (AvgIpc) is 2.01. The second kappa shape index (κ2) is 6.83. The minimum absolute atomic E-state index is 0.286. The standard InChI is InChI=1S/C12H25NO2/c1-9(2)13(10(3)4)11(5)7-6-8-12(14)15/h9-11H,6-8H2,1-5H3,(H,14,15). The third-order valence-electron chi connectivity index (χ3n) is 2.71. The third kappa shape index (κ3) is 5.78. The molecule has 0 aromatic carbocycles. The maximum absolute atomic E-state index is 10.4. The Labute approximate surface area is 93.5 Å². The minimum Gasteiger partial charge on any atom is -0.481 e. The Morgan fingerprint density at radius 3 is 1.93 bits per heavy atom. The van der Waals surface area contributed by atoms with Gasteiger partial charge in [-0.3, -0.25) is 9.69 Å². The number of carboxylic acids is 1. The van der Waals surface area contributed by atoms with Crippen LogP contribution >= 0.6 is 0 Å². The number of aliphatic carboxylic acids is 1. The summed E-state index contributed by atoms with van der Waals surface area (Å²) >= 11 is 0. The Balaban J connectivity index is 4.03. The molecule has 15 heavy (non-hydrogen) atoms. The molecule has 0 amide bonds. The van der Waals surface area contributed by atoms with Gasteiger partial charge in [0, 0.05) is 24.5 Å². The van der Waals surface area contributed by atoms with Crippen molar-refractivity contribution in [3.05, 3.63) is 0 Å². The quantitative estimate of drug-likeness (QED) is 0.710. The molecule has 1 unspecified atom stereocenters. The molecule has 0 aromatic rings. The number of carboxylic acid groups (broad SMARTS) is 1. The molecule has 0 aromatic heterocycles. The highest BCUT2D eigenvalue weighted by Gasteiger charge is 2.19. The van der Waals surface area contributed by atoms with E-state index in [9.17, 15) is 4.79 Å². The van der Waals surface area contributed by atoms with Gasteiger partial charge in [0.15, 0.2) is 0 Å².